The molecule has 0 saturated carbocycles. The number of amides is 1. The zero-order valence-electron chi connectivity index (χ0n) is 18.4. The molecular weight excluding hydrogens is 380 g/mol. The van der Waals surface area contributed by atoms with Crippen molar-refractivity contribution < 1.29 is 13.9 Å². The molecule has 1 aliphatic heterocycles. The normalized spacial score (nSPS) is 15.7. The van der Waals surface area contributed by atoms with E-state index in [-0.39, 0.29) is 6.09 Å². The van der Waals surface area contributed by atoms with E-state index in [1.807, 2.05) is 18.2 Å². The largest absolute Gasteiger partial charge is 0.460 e. The van der Waals surface area contributed by atoms with Crippen LogP contribution in [-0.4, -0.2) is 86.3 Å². The van der Waals surface area contributed by atoms with E-state index >= 15 is 0 Å². The van der Waals surface area contributed by atoms with E-state index in [2.05, 4.69) is 46.0 Å². The topological polar surface area (TPSA) is 61.2 Å². The molecule has 2 heterocycles. The molecule has 1 N–H and O–H groups in total. The van der Waals surface area contributed by atoms with Crippen molar-refractivity contribution in [2.45, 2.75) is 26.8 Å². The van der Waals surface area contributed by atoms with Crippen molar-refractivity contribution in [2.24, 2.45) is 0 Å². The minimum atomic E-state index is -0.307. The van der Waals surface area contributed by atoms with Gasteiger partial charge in [-0.3, -0.25) is 9.80 Å². The van der Waals surface area contributed by atoms with E-state index in [0.717, 1.165) is 82.1 Å². The Bertz CT molecular complexity index is 734. The Morgan fingerprint density at radius 1 is 1.13 bits per heavy atom. The first kappa shape index (κ1) is 22.6. The van der Waals surface area contributed by atoms with E-state index in [0.29, 0.717) is 13.2 Å². The Labute approximate surface area is 179 Å². The Hall–Kier alpha value is -2.09. The van der Waals surface area contributed by atoms with Crippen LogP contribution in [0.4, 0.5) is 4.79 Å². The van der Waals surface area contributed by atoms with Crippen LogP contribution in [0.1, 0.15) is 26.0 Å². The van der Waals surface area contributed by atoms with E-state index in [9.17, 15) is 4.79 Å². The van der Waals surface area contributed by atoms with Crippen molar-refractivity contribution in [1.82, 2.24) is 20.0 Å². The van der Waals surface area contributed by atoms with Gasteiger partial charge in [0.25, 0.3) is 0 Å². The maximum atomic E-state index is 11.8. The number of benzene rings is 1. The highest BCUT2D eigenvalue weighted by Crippen LogP contribution is 2.20. The van der Waals surface area contributed by atoms with Gasteiger partial charge >= 0.3 is 6.09 Å². The fourth-order valence-electron chi connectivity index (χ4n) is 3.86. The highest BCUT2D eigenvalue weighted by Gasteiger charge is 2.18. The van der Waals surface area contributed by atoms with E-state index in [1.165, 1.54) is 0 Å². The first-order valence-corrected chi connectivity index (χ1v) is 11.2. The van der Waals surface area contributed by atoms with Gasteiger partial charge in [-0.25, -0.2) is 4.79 Å². The van der Waals surface area contributed by atoms with Gasteiger partial charge in [0, 0.05) is 44.7 Å². The first-order valence-electron chi connectivity index (χ1n) is 11.2. The van der Waals surface area contributed by atoms with Gasteiger partial charge in [0.15, 0.2) is 0 Å². The van der Waals surface area contributed by atoms with Crippen LogP contribution in [0.15, 0.2) is 34.7 Å². The maximum absolute atomic E-state index is 11.8. The number of carbonyl (C=O) groups excluding carboxylic acids is 1. The molecule has 1 aliphatic rings. The molecule has 1 aromatic carbocycles. The Kier molecular flexibility index (Phi) is 8.99. The predicted molar refractivity (Wildman–Crippen MR) is 120 cm³/mol. The average Bonchev–Trinajstić information content (AvgIpc) is 3.17. The quantitative estimate of drug-likeness (QED) is 0.568. The number of alkyl carbamates (subject to hydrolysis) is 1. The fourth-order valence-corrected chi connectivity index (χ4v) is 3.86. The lowest BCUT2D eigenvalue weighted by atomic mass is 10.2. The highest BCUT2D eigenvalue weighted by atomic mass is 16.5. The number of rotatable bonds is 11. The third-order valence-electron chi connectivity index (χ3n) is 5.78. The average molecular weight is 417 g/mol. The summed E-state index contributed by atoms with van der Waals surface area (Å²) in [7, 11) is 0. The van der Waals surface area contributed by atoms with Crippen LogP contribution in [0, 0.1) is 0 Å². The van der Waals surface area contributed by atoms with Gasteiger partial charge in [0.05, 0.1) is 6.54 Å². The molecule has 7 heteroatoms. The number of piperazine rings is 1. The number of para-hydroxylation sites is 1. The van der Waals surface area contributed by atoms with E-state index in [4.69, 9.17) is 9.15 Å². The molecule has 0 radical (unpaired) electrons. The number of hydrogen-bond acceptors (Lipinski definition) is 6. The molecule has 0 bridgehead atoms. The molecule has 2 aromatic rings. The van der Waals surface area contributed by atoms with Crippen LogP contribution >= 0.6 is 0 Å². The number of hydrogen-bond donors (Lipinski definition) is 1. The fraction of sp³-hybridized carbons (Fsp3) is 0.609. The zero-order chi connectivity index (χ0) is 21.2. The molecule has 1 amide bonds. The second-order valence-corrected chi connectivity index (χ2v) is 7.81. The lowest BCUT2D eigenvalue weighted by Gasteiger charge is -2.34. The van der Waals surface area contributed by atoms with Crippen molar-refractivity contribution in [2.75, 3.05) is 65.5 Å². The summed E-state index contributed by atoms with van der Waals surface area (Å²) >= 11 is 0. The number of furan rings is 1. The molecule has 1 aromatic heterocycles. The maximum Gasteiger partial charge on any atom is 0.407 e. The molecule has 166 valence electrons. The predicted octanol–water partition coefficient (Wildman–Crippen LogP) is 3.01. The third-order valence-corrected chi connectivity index (χ3v) is 5.78. The Balaban J connectivity index is 1.25. The summed E-state index contributed by atoms with van der Waals surface area (Å²) in [6.45, 7) is 14.1. The monoisotopic (exact) mass is 416 g/mol. The van der Waals surface area contributed by atoms with Gasteiger partial charge in [-0.1, -0.05) is 32.0 Å². The number of carbonyl (C=O) groups is 1. The van der Waals surface area contributed by atoms with Gasteiger partial charge in [-0.2, -0.15) is 0 Å². The third kappa shape index (κ3) is 7.00. The molecular formula is C23H36N4O3. The van der Waals surface area contributed by atoms with Crippen molar-refractivity contribution in [3.63, 3.8) is 0 Å². The molecule has 0 atom stereocenters. The molecule has 0 spiro atoms. The summed E-state index contributed by atoms with van der Waals surface area (Å²) in [5.41, 5.74) is 0.953. The summed E-state index contributed by atoms with van der Waals surface area (Å²) in [5.74, 6) is 1.02. The van der Waals surface area contributed by atoms with Gasteiger partial charge in [0.1, 0.15) is 18.0 Å². The van der Waals surface area contributed by atoms with Crippen molar-refractivity contribution in [3.8, 4) is 0 Å². The molecule has 0 unspecified atom stereocenters. The van der Waals surface area contributed by atoms with Crippen molar-refractivity contribution in [3.05, 3.63) is 36.1 Å². The van der Waals surface area contributed by atoms with Gasteiger partial charge < -0.3 is 19.4 Å². The minimum absolute atomic E-state index is 0.307. The molecule has 0 aliphatic carbocycles. The number of nitrogens with one attached hydrogen (secondary N) is 1. The van der Waals surface area contributed by atoms with Gasteiger partial charge in [-0.05, 0) is 38.2 Å². The minimum Gasteiger partial charge on any atom is -0.460 e. The van der Waals surface area contributed by atoms with Crippen LogP contribution in [0.3, 0.4) is 0 Å². The van der Waals surface area contributed by atoms with Crippen LogP contribution in [-0.2, 0) is 11.3 Å². The Morgan fingerprint density at radius 2 is 1.87 bits per heavy atom. The lowest BCUT2D eigenvalue weighted by Crippen LogP contribution is -2.47. The lowest BCUT2D eigenvalue weighted by molar-refractivity contribution is 0.0900. The van der Waals surface area contributed by atoms with Crippen LogP contribution < -0.4 is 5.32 Å². The molecule has 7 nitrogen and oxygen atoms in total. The van der Waals surface area contributed by atoms with Crippen LogP contribution in [0.5, 0.6) is 0 Å². The van der Waals surface area contributed by atoms with E-state index < -0.39 is 0 Å². The van der Waals surface area contributed by atoms with Gasteiger partial charge in [0.2, 0.25) is 0 Å². The number of nitrogens with zero attached hydrogens (tertiary/aromatic N) is 3. The smallest absolute Gasteiger partial charge is 0.407 e. The van der Waals surface area contributed by atoms with E-state index in [1.54, 1.807) is 0 Å². The van der Waals surface area contributed by atoms with Crippen molar-refractivity contribution in [1.29, 1.82) is 0 Å². The summed E-state index contributed by atoms with van der Waals surface area (Å²) in [5, 5.41) is 4.01. The Morgan fingerprint density at radius 3 is 2.60 bits per heavy atom. The summed E-state index contributed by atoms with van der Waals surface area (Å²) in [4.78, 5) is 18.9. The molecule has 3 rings (SSSR count). The number of fused-ring (bicyclic) bond motifs is 1. The highest BCUT2D eigenvalue weighted by molar-refractivity contribution is 5.77. The first-order chi connectivity index (χ1) is 14.7. The molecule has 1 saturated heterocycles. The van der Waals surface area contributed by atoms with Crippen LogP contribution in [0.2, 0.25) is 0 Å². The SMILES string of the molecule is CCN(CC)CCCNC(=O)OCCN1CCN(Cc2cc3ccccc3o2)CC1. The molecule has 1 fully saturated rings. The van der Waals surface area contributed by atoms with Crippen LogP contribution in [0.25, 0.3) is 11.0 Å². The van der Waals surface area contributed by atoms with Gasteiger partial charge in [-0.15, -0.1) is 0 Å². The summed E-state index contributed by atoms with van der Waals surface area (Å²) in [6.07, 6.45) is 0.641. The van der Waals surface area contributed by atoms with Crippen molar-refractivity contribution >= 4 is 17.1 Å². The summed E-state index contributed by atoms with van der Waals surface area (Å²) < 4.78 is 11.3. The zero-order valence-corrected chi connectivity index (χ0v) is 18.4. The standard InChI is InChI=1S/C23H36N4O3/c1-3-25(4-2)11-7-10-24-23(28)29-17-16-26-12-14-27(15-13-26)19-21-18-20-8-5-6-9-22(20)30-21/h5-6,8-9,18H,3-4,7,10-17,19H2,1-2H3,(H,24,28). The molecule has 30 heavy (non-hydrogen) atoms. The number of ether oxygens (including phenoxy) is 1. The second kappa shape index (κ2) is 11.9. The second-order valence-electron chi connectivity index (χ2n) is 7.81. The summed E-state index contributed by atoms with van der Waals surface area (Å²) in [6, 6.07) is 10.3.